The summed E-state index contributed by atoms with van der Waals surface area (Å²) >= 11 is 1.84. The molecule has 2 rings (SSSR count). The molecule has 0 amide bonds. The third-order valence-electron chi connectivity index (χ3n) is 3.62. The number of fused-ring (bicyclic) bond motifs is 1. The summed E-state index contributed by atoms with van der Waals surface area (Å²) in [5.74, 6) is 1.77. The number of hydrogen-bond acceptors (Lipinski definition) is 3. The molecule has 0 aliphatic carbocycles. The molecule has 2 unspecified atom stereocenters. The summed E-state index contributed by atoms with van der Waals surface area (Å²) in [4.78, 5) is 4.66. The number of para-hydroxylation sites is 2. The van der Waals surface area contributed by atoms with Crippen molar-refractivity contribution in [1.82, 2.24) is 9.55 Å². The largest absolute Gasteiger partial charge is 0.392 e. The van der Waals surface area contributed by atoms with Gasteiger partial charge in [0.25, 0.3) is 0 Å². The molecule has 0 saturated carbocycles. The Morgan fingerprint density at radius 1 is 1.30 bits per heavy atom. The fraction of sp³-hybridized carbons (Fsp3) is 0.562. The first-order valence-corrected chi connectivity index (χ1v) is 8.44. The number of rotatable bonds is 7. The highest BCUT2D eigenvalue weighted by molar-refractivity contribution is 7.99. The summed E-state index contributed by atoms with van der Waals surface area (Å²) in [5, 5.41) is 10.8. The number of benzene rings is 1. The normalized spacial score (nSPS) is 14.6. The van der Waals surface area contributed by atoms with Crippen LogP contribution < -0.4 is 0 Å². The van der Waals surface area contributed by atoms with Gasteiger partial charge in [-0.1, -0.05) is 26.0 Å². The summed E-state index contributed by atoms with van der Waals surface area (Å²) in [7, 11) is 0. The summed E-state index contributed by atoms with van der Waals surface area (Å²) < 4.78 is 2.20. The monoisotopic (exact) mass is 292 g/mol. The van der Waals surface area contributed by atoms with Crippen LogP contribution in [-0.4, -0.2) is 31.8 Å². The lowest BCUT2D eigenvalue weighted by molar-refractivity contribution is 0.196. The van der Waals surface area contributed by atoms with Gasteiger partial charge >= 0.3 is 0 Å². The number of nitrogens with zero attached hydrogens (tertiary/aromatic N) is 2. The zero-order chi connectivity index (χ0) is 14.5. The molecular formula is C16H24N2OS. The Balaban J connectivity index is 2.09. The molecule has 3 nitrogen and oxygen atoms in total. The number of hydrogen-bond donors (Lipinski definition) is 1. The second-order valence-electron chi connectivity index (χ2n) is 5.17. The van der Waals surface area contributed by atoms with E-state index in [0.717, 1.165) is 35.6 Å². The molecule has 4 heteroatoms. The molecule has 2 atom stereocenters. The molecule has 2 aromatic rings. The molecule has 0 aliphatic rings. The highest BCUT2D eigenvalue weighted by Gasteiger charge is 2.14. The van der Waals surface area contributed by atoms with Crippen LogP contribution in [0.3, 0.4) is 0 Å². The van der Waals surface area contributed by atoms with Crippen molar-refractivity contribution in [3.8, 4) is 0 Å². The van der Waals surface area contributed by atoms with Gasteiger partial charge in [0.05, 0.1) is 17.1 Å². The van der Waals surface area contributed by atoms with E-state index in [-0.39, 0.29) is 6.10 Å². The fourth-order valence-corrected chi connectivity index (χ4v) is 3.20. The molecule has 0 aliphatic heterocycles. The lowest BCUT2D eigenvalue weighted by Gasteiger charge is -2.14. The van der Waals surface area contributed by atoms with Crippen molar-refractivity contribution >= 4 is 22.8 Å². The lowest BCUT2D eigenvalue weighted by Crippen LogP contribution is -2.18. The van der Waals surface area contributed by atoms with E-state index in [1.807, 2.05) is 30.0 Å². The number of aliphatic hydroxyl groups is 1. The third-order valence-corrected chi connectivity index (χ3v) is 5.10. The smallest absolute Gasteiger partial charge is 0.112 e. The van der Waals surface area contributed by atoms with Gasteiger partial charge in [0.15, 0.2) is 0 Å². The summed E-state index contributed by atoms with van der Waals surface area (Å²) in [6, 6.07) is 8.17. The van der Waals surface area contributed by atoms with Crippen molar-refractivity contribution in [3.63, 3.8) is 0 Å². The number of thioether (sulfide) groups is 1. The van der Waals surface area contributed by atoms with Gasteiger partial charge in [-0.15, -0.1) is 0 Å². The van der Waals surface area contributed by atoms with Gasteiger partial charge in [0, 0.05) is 24.0 Å². The maximum absolute atomic E-state index is 10.2. The molecule has 0 spiro atoms. The van der Waals surface area contributed by atoms with Crippen molar-refractivity contribution in [2.45, 2.75) is 51.5 Å². The van der Waals surface area contributed by atoms with Crippen LogP contribution in [0.25, 0.3) is 11.0 Å². The second kappa shape index (κ2) is 7.14. The van der Waals surface area contributed by atoms with Crippen molar-refractivity contribution in [3.05, 3.63) is 30.1 Å². The van der Waals surface area contributed by atoms with E-state index in [4.69, 9.17) is 0 Å². The van der Waals surface area contributed by atoms with Crippen LogP contribution >= 0.6 is 11.8 Å². The minimum absolute atomic E-state index is 0.323. The summed E-state index contributed by atoms with van der Waals surface area (Å²) in [6.45, 7) is 7.40. The molecule has 0 saturated heterocycles. The SMILES string of the molecule is CCC(C)SCC(O)Cc1nc2ccccc2n1CC. The van der Waals surface area contributed by atoms with Crippen LogP contribution in [0.5, 0.6) is 0 Å². The molecule has 1 aromatic carbocycles. The topological polar surface area (TPSA) is 38.1 Å². The quantitative estimate of drug-likeness (QED) is 0.849. The van der Waals surface area contributed by atoms with Crippen LogP contribution in [0.2, 0.25) is 0 Å². The highest BCUT2D eigenvalue weighted by atomic mass is 32.2. The van der Waals surface area contributed by atoms with E-state index in [1.54, 1.807) is 0 Å². The average molecular weight is 292 g/mol. The van der Waals surface area contributed by atoms with Gasteiger partial charge in [0.2, 0.25) is 0 Å². The maximum Gasteiger partial charge on any atom is 0.112 e. The molecular weight excluding hydrogens is 268 g/mol. The van der Waals surface area contributed by atoms with E-state index in [1.165, 1.54) is 0 Å². The first kappa shape index (κ1) is 15.4. The Hall–Kier alpha value is -1.00. The molecule has 110 valence electrons. The Labute approximate surface area is 125 Å². The van der Waals surface area contributed by atoms with E-state index in [9.17, 15) is 5.11 Å². The first-order chi connectivity index (χ1) is 9.65. The standard InChI is InChI=1S/C16H24N2OS/c1-4-12(3)20-11-13(19)10-16-17-14-8-6-7-9-15(14)18(16)5-2/h6-9,12-13,19H,4-5,10-11H2,1-3H3. The van der Waals surface area contributed by atoms with Crippen LogP contribution in [0.15, 0.2) is 24.3 Å². The molecule has 0 bridgehead atoms. The fourth-order valence-electron chi connectivity index (χ4n) is 2.30. The van der Waals surface area contributed by atoms with Crippen molar-refractivity contribution < 1.29 is 5.11 Å². The second-order valence-corrected chi connectivity index (χ2v) is 6.64. The average Bonchev–Trinajstić information content (AvgIpc) is 2.81. The van der Waals surface area contributed by atoms with E-state index in [0.29, 0.717) is 11.7 Å². The molecule has 1 aromatic heterocycles. The molecule has 1 heterocycles. The summed E-state index contributed by atoms with van der Waals surface area (Å²) in [6.07, 6.45) is 1.45. The zero-order valence-electron chi connectivity index (χ0n) is 12.5. The maximum atomic E-state index is 10.2. The predicted octanol–water partition coefficient (Wildman–Crippen LogP) is 3.49. The van der Waals surface area contributed by atoms with E-state index >= 15 is 0 Å². The molecule has 20 heavy (non-hydrogen) atoms. The Kier molecular flexibility index (Phi) is 5.49. The molecule has 1 N–H and O–H groups in total. The predicted molar refractivity (Wildman–Crippen MR) is 87.3 cm³/mol. The molecule has 0 fully saturated rings. The Morgan fingerprint density at radius 2 is 2.05 bits per heavy atom. The number of aryl methyl sites for hydroxylation is 1. The Morgan fingerprint density at radius 3 is 2.75 bits per heavy atom. The van der Waals surface area contributed by atoms with Crippen molar-refractivity contribution in [2.75, 3.05) is 5.75 Å². The number of imidazole rings is 1. The number of aliphatic hydroxyl groups excluding tert-OH is 1. The van der Waals surface area contributed by atoms with Gasteiger partial charge in [-0.3, -0.25) is 0 Å². The van der Waals surface area contributed by atoms with Gasteiger partial charge in [0.1, 0.15) is 5.82 Å². The van der Waals surface area contributed by atoms with E-state index in [2.05, 4.69) is 36.4 Å². The van der Waals surface area contributed by atoms with Gasteiger partial charge in [-0.25, -0.2) is 4.98 Å². The van der Waals surface area contributed by atoms with Crippen LogP contribution in [0, 0.1) is 0 Å². The van der Waals surface area contributed by atoms with Crippen molar-refractivity contribution in [1.29, 1.82) is 0 Å². The first-order valence-electron chi connectivity index (χ1n) is 7.39. The summed E-state index contributed by atoms with van der Waals surface area (Å²) in [5.41, 5.74) is 2.18. The van der Waals surface area contributed by atoms with Gasteiger partial charge < -0.3 is 9.67 Å². The lowest BCUT2D eigenvalue weighted by atomic mass is 10.2. The zero-order valence-corrected chi connectivity index (χ0v) is 13.4. The van der Waals surface area contributed by atoms with Gasteiger partial charge in [-0.05, 0) is 25.5 Å². The minimum atomic E-state index is -0.323. The minimum Gasteiger partial charge on any atom is -0.392 e. The highest BCUT2D eigenvalue weighted by Crippen LogP contribution is 2.19. The van der Waals surface area contributed by atoms with Gasteiger partial charge in [-0.2, -0.15) is 11.8 Å². The number of aromatic nitrogens is 2. The molecule has 0 radical (unpaired) electrons. The van der Waals surface area contributed by atoms with E-state index < -0.39 is 0 Å². The van der Waals surface area contributed by atoms with Crippen LogP contribution in [-0.2, 0) is 13.0 Å². The van der Waals surface area contributed by atoms with Crippen LogP contribution in [0.4, 0.5) is 0 Å². The third kappa shape index (κ3) is 3.55. The Bertz CT molecular complexity index is 552. The van der Waals surface area contributed by atoms with Crippen LogP contribution in [0.1, 0.15) is 33.0 Å². The van der Waals surface area contributed by atoms with Crippen molar-refractivity contribution in [2.24, 2.45) is 0 Å².